The number of carbonyl (C=O) groups is 1. The summed E-state index contributed by atoms with van der Waals surface area (Å²) < 4.78 is 5.74. The van der Waals surface area contributed by atoms with Gasteiger partial charge in [-0.1, -0.05) is 0 Å². The van der Waals surface area contributed by atoms with Crippen molar-refractivity contribution in [1.29, 1.82) is 0 Å². The first-order chi connectivity index (χ1) is 7.74. The zero-order valence-corrected chi connectivity index (χ0v) is 9.37. The van der Waals surface area contributed by atoms with Gasteiger partial charge in [0.25, 0.3) is 0 Å². The molecule has 0 spiro atoms. The SMILES string of the molecule is CCOC(=O)c1ccc2[nH]c(=[N+]=[N-])sc2c1. The first-order valence-electron chi connectivity index (χ1n) is 4.72. The number of fused-ring (bicyclic) bond motifs is 1. The fourth-order valence-corrected chi connectivity index (χ4v) is 2.17. The van der Waals surface area contributed by atoms with Crippen molar-refractivity contribution in [3.63, 3.8) is 0 Å². The normalized spacial score (nSPS) is 10.1. The molecule has 0 atom stereocenters. The van der Waals surface area contributed by atoms with Crippen LogP contribution in [0.4, 0.5) is 0 Å². The highest BCUT2D eigenvalue weighted by atomic mass is 32.1. The van der Waals surface area contributed by atoms with E-state index in [0.29, 0.717) is 17.0 Å². The summed E-state index contributed by atoms with van der Waals surface area (Å²) in [6, 6.07) is 5.14. The highest BCUT2D eigenvalue weighted by Crippen LogP contribution is 2.16. The summed E-state index contributed by atoms with van der Waals surface area (Å²) in [5.74, 6) is -0.347. The second-order valence-electron chi connectivity index (χ2n) is 3.06. The van der Waals surface area contributed by atoms with E-state index in [4.69, 9.17) is 10.3 Å². The van der Waals surface area contributed by atoms with Gasteiger partial charge < -0.3 is 10.3 Å². The van der Waals surface area contributed by atoms with Gasteiger partial charge in [0.1, 0.15) is 5.52 Å². The van der Waals surface area contributed by atoms with Crippen molar-refractivity contribution >= 4 is 27.5 Å². The molecule has 16 heavy (non-hydrogen) atoms. The lowest BCUT2D eigenvalue weighted by Gasteiger charge is -1.99. The van der Waals surface area contributed by atoms with E-state index in [0.717, 1.165) is 10.2 Å². The molecule has 1 aromatic carbocycles. The van der Waals surface area contributed by atoms with Crippen LogP contribution in [0.25, 0.3) is 15.7 Å². The number of thiazole rings is 1. The molecule has 0 radical (unpaired) electrons. The summed E-state index contributed by atoms with van der Waals surface area (Å²) >= 11 is 1.27. The van der Waals surface area contributed by atoms with Gasteiger partial charge >= 0.3 is 10.8 Å². The van der Waals surface area contributed by atoms with E-state index in [1.807, 2.05) is 0 Å². The van der Waals surface area contributed by atoms with Gasteiger partial charge in [-0.05, 0) is 36.5 Å². The third kappa shape index (κ3) is 1.88. The Kier molecular flexibility index (Phi) is 2.85. The number of aromatic amines is 1. The van der Waals surface area contributed by atoms with Crippen LogP contribution in [-0.2, 0) is 4.74 Å². The lowest BCUT2D eigenvalue weighted by molar-refractivity contribution is -0.0649. The average Bonchev–Trinajstić information content (AvgIpc) is 2.70. The molecular formula is C10H9N3O2S. The standard InChI is InChI=1S/C10H9N3O2S/c1-2-15-9(14)6-3-4-7-8(5-6)16-10(12-7)13-11/h3-5,12H,2H2,1H3. The number of benzene rings is 1. The van der Waals surface area contributed by atoms with Crippen LogP contribution in [0.1, 0.15) is 17.3 Å². The monoisotopic (exact) mass is 235 g/mol. The molecule has 2 rings (SSSR count). The highest BCUT2D eigenvalue weighted by molar-refractivity contribution is 7.16. The average molecular weight is 235 g/mol. The Morgan fingerprint density at radius 3 is 3.12 bits per heavy atom. The summed E-state index contributed by atoms with van der Waals surface area (Å²) in [6.45, 7) is 2.11. The van der Waals surface area contributed by atoms with Gasteiger partial charge in [0, 0.05) is 0 Å². The Balaban J connectivity index is 2.51. The summed E-state index contributed by atoms with van der Waals surface area (Å²) in [5, 5.41) is 0. The van der Waals surface area contributed by atoms with Crippen molar-refractivity contribution in [3.8, 4) is 0 Å². The number of hydrogen-bond donors (Lipinski definition) is 1. The minimum atomic E-state index is -0.347. The first-order valence-corrected chi connectivity index (χ1v) is 5.54. The van der Waals surface area contributed by atoms with E-state index in [2.05, 4.69) is 9.77 Å². The molecule has 1 heterocycles. The third-order valence-corrected chi connectivity index (χ3v) is 2.97. The third-order valence-electron chi connectivity index (χ3n) is 2.03. The Bertz CT molecular complexity index is 622. The maximum Gasteiger partial charge on any atom is 0.418 e. The molecule has 0 aliphatic carbocycles. The predicted octanol–water partition coefficient (Wildman–Crippen LogP) is 1.54. The number of ether oxygens (including phenoxy) is 1. The zero-order chi connectivity index (χ0) is 11.5. The topological polar surface area (TPSA) is 78.5 Å². The number of carbonyl (C=O) groups excluding carboxylic acids is 1. The maximum atomic E-state index is 11.5. The summed E-state index contributed by atoms with van der Waals surface area (Å²) in [4.78, 5) is 17.8. The molecule has 82 valence electrons. The van der Waals surface area contributed by atoms with E-state index in [1.54, 1.807) is 25.1 Å². The molecule has 5 nitrogen and oxygen atoms in total. The Morgan fingerprint density at radius 2 is 2.44 bits per heavy atom. The molecule has 6 heteroatoms. The fraction of sp³-hybridized carbons (Fsp3) is 0.200. The summed E-state index contributed by atoms with van der Waals surface area (Å²) in [7, 11) is 0. The first kappa shape index (κ1) is 10.6. The molecule has 0 saturated heterocycles. The molecule has 2 aromatic rings. The molecule has 0 saturated carbocycles. The van der Waals surface area contributed by atoms with E-state index in [1.165, 1.54) is 11.3 Å². The number of hydrogen-bond acceptors (Lipinski definition) is 3. The van der Waals surface area contributed by atoms with Gasteiger partial charge in [-0.2, -0.15) is 0 Å². The molecule has 0 aliphatic heterocycles. The number of esters is 1. The number of rotatable bonds is 2. The quantitative estimate of drug-likeness (QED) is 0.486. The molecule has 0 aliphatic rings. The fourth-order valence-electron chi connectivity index (χ4n) is 1.34. The summed E-state index contributed by atoms with van der Waals surface area (Å²) in [6.07, 6.45) is 0. The molecule has 0 bridgehead atoms. The minimum Gasteiger partial charge on any atom is -0.496 e. The van der Waals surface area contributed by atoms with E-state index < -0.39 is 0 Å². The van der Waals surface area contributed by atoms with Gasteiger partial charge in [0.15, 0.2) is 0 Å². The number of aromatic nitrogens is 1. The molecule has 1 N–H and O–H groups in total. The van der Waals surface area contributed by atoms with Gasteiger partial charge in [-0.15, -0.1) is 0 Å². The second kappa shape index (κ2) is 4.30. The van der Waals surface area contributed by atoms with Crippen molar-refractivity contribution in [2.75, 3.05) is 6.61 Å². The van der Waals surface area contributed by atoms with E-state index in [9.17, 15) is 4.79 Å². The molecule has 0 amide bonds. The Morgan fingerprint density at radius 1 is 1.62 bits per heavy atom. The van der Waals surface area contributed by atoms with Crippen LogP contribution in [0.5, 0.6) is 0 Å². The van der Waals surface area contributed by atoms with Crippen molar-refractivity contribution in [2.45, 2.75) is 6.92 Å². The molecular weight excluding hydrogens is 226 g/mol. The number of H-pyrrole nitrogens is 1. The van der Waals surface area contributed by atoms with Crippen LogP contribution >= 0.6 is 11.3 Å². The van der Waals surface area contributed by atoms with Gasteiger partial charge in [-0.3, -0.25) is 4.79 Å². The number of nitrogens with zero attached hydrogens (tertiary/aromatic N) is 2. The zero-order valence-electron chi connectivity index (χ0n) is 8.56. The van der Waals surface area contributed by atoms with E-state index >= 15 is 0 Å². The lowest BCUT2D eigenvalue weighted by Crippen LogP contribution is -2.03. The molecule has 1 aromatic heterocycles. The minimum absolute atomic E-state index is 0.347. The van der Waals surface area contributed by atoms with Crippen molar-refractivity contribution in [2.24, 2.45) is 0 Å². The van der Waals surface area contributed by atoms with Crippen LogP contribution < -0.4 is 4.80 Å². The Hall–Kier alpha value is -1.91. The van der Waals surface area contributed by atoms with Crippen LogP contribution in [0.2, 0.25) is 0 Å². The second-order valence-corrected chi connectivity index (χ2v) is 4.09. The van der Waals surface area contributed by atoms with Crippen molar-refractivity contribution in [3.05, 3.63) is 34.1 Å². The van der Waals surface area contributed by atoms with Gasteiger partial charge in [0.2, 0.25) is 0 Å². The lowest BCUT2D eigenvalue weighted by atomic mass is 10.2. The molecule has 0 fully saturated rings. The van der Waals surface area contributed by atoms with Gasteiger partial charge in [-0.25, -0.2) is 9.78 Å². The van der Waals surface area contributed by atoms with Crippen LogP contribution in [0.15, 0.2) is 18.2 Å². The Labute approximate surface area is 94.9 Å². The van der Waals surface area contributed by atoms with Crippen molar-refractivity contribution in [1.82, 2.24) is 4.98 Å². The molecule has 0 unspecified atom stereocenters. The van der Waals surface area contributed by atoms with Crippen molar-refractivity contribution < 1.29 is 14.3 Å². The highest BCUT2D eigenvalue weighted by Gasteiger charge is 2.10. The van der Waals surface area contributed by atoms with Crippen LogP contribution in [0.3, 0.4) is 0 Å². The maximum absolute atomic E-state index is 11.5. The van der Waals surface area contributed by atoms with Gasteiger partial charge in [0.05, 0.1) is 16.9 Å². The van der Waals surface area contributed by atoms with Crippen LogP contribution in [-0.4, -0.2) is 22.4 Å². The largest absolute Gasteiger partial charge is 0.496 e. The summed E-state index contributed by atoms with van der Waals surface area (Å²) in [5.41, 5.74) is 9.93. The predicted molar refractivity (Wildman–Crippen MR) is 58.9 cm³/mol. The van der Waals surface area contributed by atoms with E-state index in [-0.39, 0.29) is 5.97 Å². The smallest absolute Gasteiger partial charge is 0.418 e. The van der Waals surface area contributed by atoms with Crippen LogP contribution in [0, 0.1) is 0 Å². The number of nitrogens with one attached hydrogen (secondary N) is 1.